The predicted molar refractivity (Wildman–Crippen MR) is 102 cm³/mol. The molecule has 8 nitrogen and oxygen atoms in total. The van der Waals surface area contributed by atoms with E-state index in [0.29, 0.717) is 0 Å². The molecule has 2 aromatic rings. The molecule has 1 fully saturated rings. The predicted octanol–water partition coefficient (Wildman–Crippen LogP) is 2.20. The summed E-state index contributed by atoms with van der Waals surface area (Å²) in [5, 5.41) is 13.0. The number of hydrogen-bond donors (Lipinski definition) is 0. The van der Waals surface area contributed by atoms with Gasteiger partial charge in [0.15, 0.2) is 4.90 Å². The van der Waals surface area contributed by atoms with Crippen molar-refractivity contribution in [1.29, 1.82) is 0 Å². The number of sulfonamides is 1. The minimum absolute atomic E-state index is 0.0902. The summed E-state index contributed by atoms with van der Waals surface area (Å²) < 4.78 is 26.7. The van der Waals surface area contributed by atoms with Gasteiger partial charge in [-0.25, -0.2) is 8.42 Å². The van der Waals surface area contributed by atoms with E-state index in [9.17, 15) is 23.3 Å². The summed E-state index contributed by atoms with van der Waals surface area (Å²) in [6.45, 7) is 0.640. The third-order valence-corrected chi connectivity index (χ3v) is 6.95. The fraction of sp³-hybridized carbons (Fsp3) is 0.235. The Morgan fingerprint density at radius 2 is 1.81 bits per heavy atom. The first-order chi connectivity index (χ1) is 12.9. The normalized spacial score (nSPS) is 15.9. The van der Waals surface area contributed by atoms with Crippen molar-refractivity contribution in [3.63, 3.8) is 0 Å². The van der Waals surface area contributed by atoms with Gasteiger partial charge in [0.25, 0.3) is 5.69 Å². The van der Waals surface area contributed by atoms with E-state index in [4.69, 9.17) is 0 Å². The molecule has 0 atom stereocenters. The number of hydrogen-bond acceptors (Lipinski definition) is 6. The number of piperazine rings is 1. The second kappa shape index (κ2) is 7.99. The van der Waals surface area contributed by atoms with E-state index in [0.717, 1.165) is 4.88 Å². The van der Waals surface area contributed by atoms with E-state index < -0.39 is 20.6 Å². The van der Waals surface area contributed by atoms with Gasteiger partial charge in [-0.2, -0.15) is 4.31 Å². The van der Waals surface area contributed by atoms with Gasteiger partial charge in [-0.15, -0.1) is 11.3 Å². The molecular weight excluding hydrogens is 390 g/mol. The second-order valence-corrected chi connectivity index (χ2v) is 8.69. The molecule has 0 spiro atoms. The molecule has 3 rings (SSSR count). The van der Waals surface area contributed by atoms with Gasteiger partial charge in [0.2, 0.25) is 15.9 Å². The number of benzene rings is 1. The van der Waals surface area contributed by atoms with Crippen molar-refractivity contribution >= 4 is 39.0 Å². The van der Waals surface area contributed by atoms with Crippen molar-refractivity contribution in [2.45, 2.75) is 4.90 Å². The van der Waals surface area contributed by atoms with Crippen molar-refractivity contribution < 1.29 is 18.1 Å². The molecule has 0 bridgehead atoms. The maximum absolute atomic E-state index is 12.8. The first-order valence-electron chi connectivity index (χ1n) is 8.13. The Morgan fingerprint density at radius 1 is 1.11 bits per heavy atom. The molecule has 10 heteroatoms. The number of carbonyl (C=O) groups excluding carboxylic acids is 1. The second-order valence-electron chi connectivity index (χ2n) is 5.80. The molecule has 1 aromatic heterocycles. The van der Waals surface area contributed by atoms with Crippen LogP contribution in [0.3, 0.4) is 0 Å². The van der Waals surface area contributed by atoms with Crippen LogP contribution < -0.4 is 0 Å². The van der Waals surface area contributed by atoms with Crippen LogP contribution in [0.2, 0.25) is 0 Å². The molecule has 0 N–H and O–H groups in total. The third-order valence-electron chi connectivity index (χ3n) is 4.16. The van der Waals surface area contributed by atoms with E-state index in [2.05, 4.69) is 0 Å². The van der Waals surface area contributed by atoms with Gasteiger partial charge in [-0.3, -0.25) is 14.9 Å². The molecular formula is C17H17N3O5S2. The van der Waals surface area contributed by atoms with E-state index >= 15 is 0 Å². The smallest absolute Gasteiger partial charge is 0.289 e. The molecule has 142 valence electrons. The molecule has 0 unspecified atom stereocenters. The number of nitrogens with zero attached hydrogens (tertiary/aromatic N) is 3. The largest absolute Gasteiger partial charge is 0.337 e. The van der Waals surface area contributed by atoms with Crippen molar-refractivity contribution in [1.82, 2.24) is 9.21 Å². The summed E-state index contributed by atoms with van der Waals surface area (Å²) in [6.07, 6.45) is 3.20. The highest BCUT2D eigenvalue weighted by Gasteiger charge is 2.34. The molecule has 0 radical (unpaired) electrons. The van der Waals surface area contributed by atoms with Crippen molar-refractivity contribution in [3.05, 3.63) is 62.8 Å². The molecule has 0 saturated carbocycles. The maximum atomic E-state index is 12.8. The number of amides is 1. The molecule has 1 aliphatic rings. The number of nitro benzene ring substituents is 1. The topological polar surface area (TPSA) is 101 Å². The van der Waals surface area contributed by atoms with Gasteiger partial charge in [0, 0.05) is 43.2 Å². The SMILES string of the molecule is O=C(/C=C/c1cccs1)N1CCN(S(=O)(=O)c2ccccc2[N+](=O)[O-])CC1. The standard InChI is InChI=1S/C17H17N3O5S2/c21-17(8-7-14-4-3-13-26-14)18-9-11-19(12-10-18)27(24,25)16-6-2-1-5-15(16)20(22)23/h1-8,13H,9-12H2/b8-7+. The highest BCUT2D eigenvalue weighted by molar-refractivity contribution is 7.89. The van der Waals surface area contributed by atoms with Crippen LogP contribution in [0.1, 0.15) is 4.88 Å². The molecule has 1 aromatic carbocycles. The van der Waals surface area contributed by atoms with Gasteiger partial charge in [-0.1, -0.05) is 18.2 Å². The highest BCUT2D eigenvalue weighted by Crippen LogP contribution is 2.27. The Morgan fingerprint density at radius 3 is 2.44 bits per heavy atom. The quantitative estimate of drug-likeness (QED) is 0.430. The Labute approximate surface area is 160 Å². The highest BCUT2D eigenvalue weighted by atomic mass is 32.2. The van der Waals surface area contributed by atoms with Gasteiger partial charge < -0.3 is 4.90 Å². The van der Waals surface area contributed by atoms with Gasteiger partial charge in [0.05, 0.1) is 4.92 Å². The average molecular weight is 407 g/mol. The minimum Gasteiger partial charge on any atom is -0.337 e. The molecule has 1 saturated heterocycles. The van der Waals surface area contributed by atoms with E-state index in [1.807, 2.05) is 17.5 Å². The van der Waals surface area contributed by atoms with Gasteiger partial charge in [0.1, 0.15) is 0 Å². The number of thiophene rings is 1. The molecule has 2 heterocycles. The van der Waals surface area contributed by atoms with Crippen molar-refractivity contribution in [2.75, 3.05) is 26.2 Å². The Kier molecular flexibility index (Phi) is 5.68. The van der Waals surface area contributed by atoms with Crippen LogP contribution in [-0.4, -0.2) is 54.6 Å². The zero-order valence-corrected chi connectivity index (χ0v) is 15.9. The van der Waals surface area contributed by atoms with Gasteiger partial charge in [-0.05, 0) is 23.6 Å². The fourth-order valence-corrected chi connectivity index (χ4v) is 4.96. The lowest BCUT2D eigenvalue weighted by Crippen LogP contribution is -2.50. The molecule has 1 aliphatic heterocycles. The van der Waals surface area contributed by atoms with Crippen LogP contribution in [0.25, 0.3) is 6.08 Å². The van der Waals surface area contributed by atoms with Crippen molar-refractivity contribution in [2.24, 2.45) is 0 Å². The Balaban J connectivity index is 1.68. The number of para-hydroxylation sites is 1. The zero-order chi connectivity index (χ0) is 19.4. The maximum Gasteiger partial charge on any atom is 0.289 e. The number of rotatable bonds is 5. The summed E-state index contributed by atoms with van der Waals surface area (Å²) >= 11 is 1.52. The monoisotopic (exact) mass is 407 g/mol. The van der Waals surface area contributed by atoms with E-state index in [1.54, 1.807) is 11.0 Å². The lowest BCUT2D eigenvalue weighted by molar-refractivity contribution is -0.387. The first-order valence-corrected chi connectivity index (χ1v) is 10.5. The van der Waals surface area contributed by atoms with Crippen LogP contribution in [0.15, 0.2) is 52.7 Å². The van der Waals surface area contributed by atoms with Crippen LogP contribution >= 0.6 is 11.3 Å². The van der Waals surface area contributed by atoms with E-state index in [1.165, 1.54) is 46.0 Å². The summed E-state index contributed by atoms with van der Waals surface area (Å²) in [5.41, 5.74) is -0.449. The number of nitro groups is 1. The summed E-state index contributed by atoms with van der Waals surface area (Å²) in [7, 11) is -4.00. The van der Waals surface area contributed by atoms with Crippen LogP contribution in [-0.2, 0) is 14.8 Å². The number of carbonyl (C=O) groups is 1. The summed E-state index contributed by atoms with van der Waals surface area (Å²) in [5.74, 6) is -0.189. The Hall–Kier alpha value is -2.56. The Bertz CT molecular complexity index is 962. The van der Waals surface area contributed by atoms with Gasteiger partial charge >= 0.3 is 0 Å². The molecule has 1 amide bonds. The molecule has 27 heavy (non-hydrogen) atoms. The van der Waals surface area contributed by atoms with Crippen LogP contribution in [0.4, 0.5) is 5.69 Å². The fourth-order valence-electron chi connectivity index (χ4n) is 2.76. The minimum atomic E-state index is -4.00. The molecule has 0 aliphatic carbocycles. The lowest BCUT2D eigenvalue weighted by Gasteiger charge is -2.33. The average Bonchev–Trinajstić information content (AvgIpc) is 3.20. The first kappa shape index (κ1) is 19.2. The van der Waals surface area contributed by atoms with Crippen molar-refractivity contribution in [3.8, 4) is 0 Å². The summed E-state index contributed by atoms with van der Waals surface area (Å²) in [6, 6.07) is 9.06. The van der Waals surface area contributed by atoms with Crippen LogP contribution in [0, 0.1) is 10.1 Å². The van der Waals surface area contributed by atoms with E-state index in [-0.39, 0.29) is 37.0 Å². The third kappa shape index (κ3) is 4.24. The zero-order valence-electron chi connectivity index (χ0n) is 14.2. The lowest BCUT2D eigenvalue weighted by atomic mass is 10.3. The van der Waals surface area contributed by atoms with Crippen LogP contribution in [0.5, 0.6) is 0 Å². The summed E-state index contributed by atoms with van der Waals surface area (Å²) in [4.78, 5) is 24.9.